The van der Waals surface area contributed by atoms with E-state index in [0.29, 0.717) is 12.1 Å². The van der Waals surface area contributed by atoms with Gasteiger partial charge in [-0.2, -0.15) is 5.10 Å². The molecule has 0 saturated heterocycles. The van der Waals surface area contributed by atoms with Crippen LogP contribution in [0.3, 0.4) is 0 Å². The summed E-state index contributed by atoms with van der Waals surface area (Å²) in [5.74, 6) is 0. The number of aryl methyl sites for hydroxylation is 1. The van der Waals surface area contributed by atoms with Crippen molar-refractivity contribution >= 4 is 0 Å². The molecule has 0 aliphatic heterocycles. The van der Waals surface area contributed by atoms with Gasteiger partial charge in [0.15, 0.2) is 0 Å². The molecule has 1 aliphatic rings. The number of hydrogen-bond donors (Lipinski definition) is 1. The summed E-state index contributed by atoms with van der Waals surface area (Å²) >= 11 is 0. The highest BCUT2D eigenvalue weighted by Crippen LogP contribution is 2.42. The minimum Gasteiger partial charge on any atom is -0.381 e. The molecule has 1 aromatic rings. The zero-order valence-corrected chi connectivity index (χ0v) is 11.2. The van der Waals surface area contributed by atoms with Gasteiger partial charge in [-0.15, -0.1) is 0 Å². The van der Waals surface area contributed by atoms with E-state index in [4.69, 9.17) is 4.74 Å². The van der Waals surface area contributed by atoms with Crippen molar-refractivity contribution in [3.8, 4) is 0 Å². The lowest BCUT2D eigenvalue weighted by atomic mass is 9.64. The van der Waals surface area contributed by atoms with Crippen LogP contribution < -0.4 is 5.32 Å². The van der Waals surface area contributed by atoms with Gasteiger partial charge in [0.1, 0.15) is 0 Å². The predicted octanol–water partition coefficient (Wildman–Crippen LogP) is 1.37. The smallest absolute Gasteiger partial charge is 0.0652 e. The molecule has 1 aliphatic carbocycles. The SMILES string of the molecule is COC1CC(NCCc2cnn(C)c2)C1(C)C. The zero-order chi connectivity index (χ0) is 12.5. The van der Waals surface area contributed by atoms with Gasteiger partial charge in [-0.3, -0.25) is 4.68 Å². The van der Waals surface area contributed by atoms with Crippen molar-refractivity contribution in [2.45, 2.75) is 38.8 Å². The van der Waals surface area contributed by atoms with Crippen molar-refractivity contribution in [2.75, 3.05) is 13.7 Å². The molecule has 1 aromatic heterocycles. The van der Waals surface area contributed by atoms with Crippen LogP contribution in [0.5, 0.6) is 0 Å². The van der Waals surface area contributed by atoms with Gasteiger partial charge < -0.3 is 10.1 Å². The van der Waals surface area contributed by atoms with E-state index in [1.54, 1.807) is 7.11 Å². The third-order valence-electron chi connectivity index (χ3n) is 4.03. The Hall–Kier alpha value is -0.870. The lowest BCUT2D eigenvalue weighted by Crippen LogP contribution is -2.60. The van der Waals surface area contributed by atoms with E-state index in [-0.39, 0.29) is 5.41 Å². The van der Waals surface area contributed by atoms with Crippen molar-refractivity contribution in [3.05, 3.63) is 18.0 Å². The van der Waals surface area contributed by atoms with E-state index in [1.807, 2.05) is 17.9 Å². The van der Waals surface area contributed by atoms with Crippen LogP contribution in [0.2, 0.25) is 0 Å². The van der Waals surface area contributed by atoms with E-state index in [9.17, 15) is 0 Å². The van der Waals surface area contributed by atoms with E-state index in [0.717, 1.165) is 19.4 Å². The summed E-state index contributed by atoms with van der Waals surface area (Å²) in [6.45, 7) is 5.55. The maximum Gasteiger partial charge on any atom is 0.0652 e. The Bertz CT molecular complexity index is 372. The number of ether oxygens (including phenoxy) is 1. The topological polar surface area (TPSA) is 39.1 Å². The normalized spacial score (nSPS) is 26.8. The van der Waals surface area contributed by atoms with Crippen LogP contribution in [0.25, 0.3) is 0 Å². The molecule has 0 amide bonds. The first kappa shape index (κ1) is 12.6. The van der Waals surface area contributed by atoms with Crippen LogP contribution in [0.15, 0.2) is 12.4 Å². The van der Waals surface area contributed by atoms with E-state index < -0.39 is 0 Å². The van der Waals surface area contributed by atoms with Crippen LogP contribution in [-0.2, 0) is 18.2 Å². The Morgan fingerprint density at radius 2 is 2.35 bits per heavy atom. The van der Waals surface area contributed by atoms with E-state index >= 15 is 0 Å². The molecule has 1 saturated carbocycles. The molecule has 2 unspecified atom stereocenters. The van der Waals surface area contributed by atoms with Gasteiger partial charge in [0, 0.05) is 31.8 Å². The number of nitrogens with zero attached hydrogens (tertiary/aromatic N) is 2. The molecule has 2 rings (SSSR count). The Labute approximate surface area is 103 Å². The monoisotopic (exact) mass is 237 g/mol. The fourth-order valence-electron chi connectivity index (χ4n) is 2.62. The van der Waals surface area contributed by atoms with Crippen molar-refractivity contribution in [2.24, 2.45) is 12.5 Å². The molecule has 0 radical (unpaired) electrons. The van der Waals surface area contributed by atoms with Crippen molar-refractivity contribution in [3.63, 3.8) is 0 Å². The van der Waals surface area contributed by atoms with Gasteiger partial charge >= 0.3 is 0 Å². The third-order valence-corrected chi connectivity index (χ3v) is 4.03. The average Bonchev–Trinajstić information content (AvgIpc) is 2.68. The number of aromatic nitrogens is 2. The molecule has 4 heteroatoms. The minimum atomic E-state index is 0.254. The van der Waals surface area contributed by atoms with Crippen LogP contribution in [0.4, 0.5) is 0 Å². The fraction of sp³-hybridized carbons (Fsp3) is 0.769. The van der Waals surface area contributed by atoms with Gasteiger partial charge in [-0.25, -0.2) is 0 Å². The summed E-state index contributed by atoms with van der Waals surface area (Å²) in [5, 5.41) is 7.79. The van der Waals surface area contributed by atoms with Crippen molar-refractivity contribution in [1.29, 1.82) is 0 Å². The first-order chi connectivity index (χ1) is 8.04. The summed E-state index contributed by atoms with van der Waals surface area (Å²) in [7, 11) is 3.76. The second kappa shape index (κ2) is 4.78. The molecule has 0 bridgehead atoms. The second-order valence-corrected chi connectivity index (χ2v) is 5.56. The first-order valence-corrected chi connectivity index (χ1v) is 6.27. The summed E-state index contributed by atoms with van der Waals surface area (Å²) in [6, 6.07) is 0.573. The highest BCUT2D eigenvalue weighted by molar-refractivity contribution is 5.06. The highest BCUT2D eigenvalue weighted by Gasteiger charge is 2.47. The molecule has 2 atom stereocenters. The van der Waals surface area contributed by atoms with Crippen LogP contribution in [-0.4, -0.2) is 35.6 Å². The number of hydrogen-bond acceptors (Lipinski definition) is 3. The molecule has 96 valence electrons. The average molecular weight is 237 g/mol. The van der Waals surface area contributed by atoms with E-state index in [1.165, 1.54) is 5.56 Å². The minimum absolute atomic E-state index is 0.254. The summed E-state index contributed by atoms with van der Waals surface area (Å²) in [5.41, 5.74) is 1.55. The van der Waals surface area contributed by atoms with Gasteiger partial charge in [0.05, 0.1) is 12.3 Å². The molecule has 0 aromatic carbocycles. The molecule has 1 heterocycles. The van der Waals surface area contributed by atoms with Gasteiger partial charge in [-0.05, 0) is 24.9 Å². The summed E-state index contributed by atoms with van der Waals surface area (Å²) < 4.78 is 7.30. The Kier molecular flexibility index (Phi) is 3.54. The molecule has 1 fully saturated rings. The first-order valence-electron chi connectivity index (χ1n) is 6.27. The zero-order valence-electron chi connectivity index (χ0n) is 11.2. The lowest BCUT2D eigenvalue weighted by Gasteiger charge is -2.51. The van der Waals surface area contributed by atoms with Gasteiger partial charge in [-0.1, -0.05) is 13.8 Å². The maximum atomic E-state index is 5.45. The Balaban J connectivity index is 1.73. The molecular formula is C13H23N3O. The quantitative estimate of drug-likeness (QED) is 0.840. The molecule has 17 heavy (non-hydrogen) atoms. The molecular weight excluding hydrogens is 214 g/mol. The Morgan fingerprint density at radius 1 is 1.59 bits per heavy atom. The largest absolute Gasteiger partial charge is 0.381 e. The molecule has 0 spiro atoms. The van der Waals surface area contributed by atoms with Crippen LogP contribution in [0.1, 0.15) is 25.8 Å². The standard InChI is InChI=1S/C13H23N3O/c1-13(2)11(7-12(13)17-4)14-6-5-10-8-15-16(3)9-10/h8-9,11-12,14H,5-7H2,1-4H3. The highest BCUT2D eigenvalue weighted by atomic mass is 16.5. The maximum absolute atomic E-state index is 5.45. The summed E-state index contributed by atoms with van der Waals surface area (Å²) in [6.07, 6.45) is 6.57. The second-order valence-electron chi connectivity index (χ2n) is 5.56. The Morgan fingerprint density at radius 3 is 2.88 bits per heavy atom. The van der Waals surface area contributed by atoms with Crippen molar-refractivity contribution in [1.82, 2.24) is 15.1 Å². The van der Waals surface area contributed by atoms with E-state index in [2.05, 4.69) is 30.5 Å². The van der Waals surface area contributed by atoms with Gasteiger partial charge in [0.2, 0.25) is 0 Å². The number of methoxy groups -OCH3 is 1. The fourth-order valence-corrected chi connectivity index (χ4v) is 2.62. The third kappa shape index (κ3) is 2.53. The van der Waals surface area contributed by atoms with Gasteiger partial charge in [0.25, 0.3) is 0 Å². The molecule has 1 N–H and O–H groups in total. The number of rotatable bonds is 5. The summed E-state index contributed by atoms with van der Waals surface area (Å²) in [4.78, 5) is 0. The predicted molar refractivity (Wildman–Crippen MR) is 67.9 cm³/mol. The number of nitrogens with one attached hydrogen (secondary N) is 1. The van der Waals surface area contributed by atoms with Crippen molar-refractivity contribution < 1.29 is 4.74 Å². The molecule has 4 nitrogen and oxygen atoms in total. The van der Waals surface area contributed by atoms with Crippen LogP contribution >= 0.6 is 0 Å². The van der Waals surface area contributed by atoms with Crippen LogP contribution in [0, 0.1) is 5.41 Å². The lowest BCUT2D eigenvalue weighted by molar-refractivity contribution is -0.0971.